The molecule has 3 heterocycles. The second kappa shape index (κ2) is 20.8. The first-order valence-corrected chi connectivity index (χ1v) is 21.7. The molecular weight excluding hydrogens is 775 g/mol. The lowest BCUT2D eigenvalue weighted by atomic mass is 9.97. The minimum absolute atomic E-state index is 0.308. The van der Waals surface area contributed by atoms with E-state index in [1.165, 1.54) is 16.7 Å². The average Bonchev–Trinajstić information content (AvgIpc) is 3.91. The summed E-state index contributed by atoms with van der Waals surface area (Å²) >= 11 is 1.47. The second-order valence-corrected chi connectivity index (χ2v) is 18.0. The maximum atomic E-state index is 14.4. The van der Waals surface area contributed by atoms with Crippen LogP contribution in [0.5, 0.6) is 0 Å². The number of carbonyl (C=O) groups is 6. The highest BCUT2D eigenvalue weighted by molar-refractivity contribution is 8.00. The highest BCUT2D eigenvalue weighted by Gasteiger charge is 2.43. The SMILES string of the molecule is C=CC(C)(C)OC[C@@H]1NC(=O)[C@H]([C@@H](C)OC(C)(C)C=C)NC(=O)[C@@H]2CSC(N2)C(Cc2ccccc2)NC(=O)[C@@H]2CCCN2C(=O)[C@H](C)NC(=O)[C@H]([C@@H](C)CC)NC1=O. The third-order valence-electron chi connectivity index (χ3n) is 11.3. The van der Waals surface area contributed by atoms with Crippen LogP contribution in [0.4, 0.5) is 0 Å². The molecule has 0 radical (unpaired) electrons. The van der Waals surface area contributed by atoms with E-state index >= 15 is 0 Å². The van der Waals surface area contributed by atoms with Crippen molar-refractivity contribution in [1.29, 1.82) is 0 Å². The van der Waals surface area contributed by atoms with Crippen molar-refractivity contribution in [2.45, 2.75) is 146 Å². The number of amides is 6. The smallest absolute Gasteiger partial charge is 0.245 e. The summed E-state index contributed by atoms with van der Waals surface area (Å²) in [5.74, 6) is -3.34. The van der Waals surface area contributed by atoms with Crippen LogP contribution < -0.4 is 31.9 Å². The van der Waals surface area contributed by atoms with Crippen molar-refractivity contribution in [3.63, 3.8) is 0 Å². The fourth-order valence-electron chi connectivity index (χ4n) is 7.18. The molecule has 0 aliphatic carbocycles. The number of carbonyl (C=O) groups excluding carboxylic acids is 6. The van der Waals surface area contributed by atoms with Gasteiger partial charge < -0.3 is 41.0 Å². The Hall–Kier alpha value is -4.25. The molecule has 2 bridgehead atoms. The Kier molecular flexibility index (Phi) is 16.7. The number of fused-ring (bicyclic) bond motifs is 3. The van der Waals surface area contributed by atoms with Gasteiger partial charge in [-0.3, -0.25) is 34.1 Å². The minimum atomic E-state index is -1.33. The van der Waals surface area contributed by atoms with Crippen LogP contribution >= 0.6 is 11.8 Å². The van der Waals surface area contributed by atoms with Gasteiger partial charge in [0.15, 0.2) is 0 Å². The van der Waals surface area contributed by atoms with Gasteiger partial charge in [-0.2, -0.15) is 0 Å². The van der Waals surface area contributed by atoms with Crippen LogP contribution in [-0.4, -0.2) is 124 Å². The summed E-state index contributed by atoms with van der Waals surface area (Å²) in [5, 5.41) is 17.4. The van der Waals surface area contributed by atoms with E-state index in [9.17, 15) is 28.8 Å². The van der Waals surface area contributed by atoms with Crippen LogP contribution in [0, 0.1) is 5.92 Å². The highest BCUT2D eigenvalue weighted by Crippen LogP contribution is 2.26. The molecule has 3 aliphatic heterocycles. The zero-order valence-corrected chi connectivity index (χ0v) is 36.6. The number of nitrogens with one attached hydrogen (secondary N) is 6. The Balaban J connectivity index is 1.76. The first-order chi connectivity index (χ1) is 27.8. The lowest BCUT2D eigenvalue weighted by molar-refractivity contribution is -0.142. The summed E-state index contributed by atoms with van der Waals surface area (Å²) in [6, 6.07) is 2.88. The maximum absolute atomic E-state index is 14.4. The summed E-state index contributed by atoms with van der Waals surface area (Å²) in [6.07, 6.45) is 4.20. The number of thioether (sulfide) groups is 1. The number of rotatable bonds is 12. The zero-order chi connectivity index (χ0) is 43.7. The highest BCUT2D eigenvalue weighted by atomic mass is 32.2. The number of nitrogens with zero attached hydrogens (tertiary/aromatic N) is 1. The van der Waals surface area contributed by atoms with Gasteiger partial charge in [-0.25, -0.2) is 0 Å². The molecule has 6 N–H and O–H groups in total. The van der Waals surface area contributed by atoms with Crippen LogP contribution in [0.25, 0.3) is 0 Å². The van der Waals surface area contributed by atoms with Crippen LogP contribution in [0.15, 0.2) is 55.6 Å². The molecule has 0 spiro atoms. The Bertz CT molecular complexity index is 1690. The van der Waals surface area contributed by atoms with Gasteiger partial charge in [-0.05, 0) is 72.3 Å². The average molecular weight is 840 g/mol. The molecule has 326 valence electrons. The van der Waals surface area contributed by atoms with Crippen molar-refractivity contribution in [3.05, 3.63) is 61.2 Å². The van der Waals surface area contributed by atoms with Crippen molar-refractivity contribution in [2.24, 2.45) is 5.92 Å². The van der Waals surface area contributed by atoms with E-state index in [0.717, 1.165) is 5.56 Å². The fourth-order valence-corrected chi connectivity index (χ4v) is 8.48. The van der Waals surface area contributed by atoms with E-state index in [0.29, 0.717) is 38.0 Å². The quantitative estimate of drug-likeness (QED) is 0.170. The monoisotopic (exact) mass is 839 g/mol. The van der Waals surface area contributed by atoms with Crippen molar-refractivity contribution in [3.8, 4) is 0 Å². The molecule has 6 amide bonds. The molecule has 10 atom stereocenters. The molecule has 15 nitrogen and oxygen atoms in total. The van der Waals surface area contributed by atoms with Gasteiger partial charge in [0, 0.05) is 12.3 Å². The molecule has 3 saturated heterocycles. The van der Waals surface area contributed by atoms with Crippen molar-refractivity contribution >= 4 is 47.2 Å². The molecule has 2 unspecified atom stereocenters. The standard InChI is InChI=1S/C43H65N7O8S/c1-11-25(4)33-38(54)44-26(5)41(56)50-21-17-20-32(50)37(53)45-29(22-28-18-15-14-16-19-28)40-47-31(24-59-40)36(52)49-34(27(6)58-43(9,10)13-3)39(55)46-30(35(51)48-33)23-57-42(7,8)12-2/h12-16,18-19,25-27,29-34,40,47H,2-3,11,17,20-24H2,1,4-10H3,(H,44,54)(H,45,53)(H,46,55)(H,48,51)(H,49,52)/t25-,26-,27+,29?,30-,31-,32-,33-,34-,40?/m0/s1. The van der Waals surface area contributed by atoms with Crippen molar-refractivity contribution < 1.29 is 38.2 Å². The summed E-state index contributed by atoms with van der Waals surface area (Å²) in [4.78, 5) is 86.2. The number of hydrogen-bond acceptors (Lipinski definition) is 10. The van der Waals surface area contributed by atoms with Crippen LogP contribution in [0.3, 0.4) is 0 Å². The van der Waals surface area contributed by atoms with E-state index in [2.05, 4.69) is 45.1 Å². The maximum Gasteiger partial charge on any atom is 0.245 e. The molecule has 16 heteroatoms. The van der Waals surface area contributed by atoms with E-state index in [-0.39, 0.29) is 18.4 Å². The lowest BCUT2D eigenvalue weighted by Crippen LogP contribution is -2.63. The number of hydrogen-bond donors (Lipinski definition) is 6. The summed E-state index contributed by atoms with van der Waals surface area (Å²) in [7, 11) is 0. The molecule has 0 saturated carbocycles. The van der Waals surface area contributed by atoms with Gasteiger partial charge in [0.1, 0.15) is 30.2 Å². The largest absolute Gasteiger partial charge is 0.369 e. The number of benzene rings is 1. The predicted octanol–water partition coefficient (Wildman–Crippen LogP) is 2.11. The van der Waals surface area contributed by atoms with Crippen molar-refractivity contribution in [1.82, 2.24) is 36.8 Å². The summed E-state index contributed by atoms with van der Waals surface area (Å²) in [6.45, 7) is 21.6. The van der Waals surface area contributed by atoms with E-state index in [1.54, 1.807) is 60.6 Å². The van der Waals surface area contributed by atoms with Gasteiger partial charge >= 0.3 is 0 Å². The van der Waals surface area contributed by atoms with Crippen LogP contribution in [0.2, 0.25) is 0 Å². The summed E-state index contributed by atoms with van der Waals surface area (Å²) in [5.41, 5.74) is -0.811. The third kappa shape index (κ3) is 12.9. The third-order valence-corrected chi connectivity index (χ3v) is 12.6. The first kappa shape index (κ1) is 47.4. The van der Waals surface area contributed by atoms with Gasteiger partial charge in [-0.1, -0.05) is 62.8 Å². The van der Waals surface area contributed by atoms with Gasteiger partial charge in [0.2, 0.25) is 35.4 Å². The van der Waals surface area contributed by atoms with Gasteiger partial charge in [0.25, 0.3) is 0 Å². The normalized spacial score (nSPS) is 29.1. The molecule has 4 rings (SSSR count). The van der Waals surface area contributed by atoms with Crippen molar-refractivity contribution in [2.75, 3.05) is 18.9 Å². The lowest BCUT2D eigenvalue weighted by Gasteiger charge is -2.33. The molecular formula is C43H65N7O8S. The molecule has 3 fully saturated rings. The molecule has 3 aliphatic rings. The molecule has 1 aromatic carbocycles. The van der Waals surface area contributed by atoms with Gasteiger partial charge in [0.05, 0.1) is 41.4 Å². The first-order valence-electron chi connectivity index (χ1n) is 20.6. The topological polar surface area (TPSA) is 196 Å². The van der Waals surface area contributed by atoms with E-state index in [1.807, 2.05) is 37.3 Å². The number of ether oxygens (including phenoxy) is 2. The molecule has 1 aromatic rings. The Morgan fingerprint density at radius 2 is 1.49 bits per heavy atom. The fraction of sp³-hybridized carbons (Fsp3) is 0.628. The predicted molar refractivity (Wildman–Crippen MR) is 228 cm³/mol. The molecule has 0 aromatic heterocycles. The zero-order valence-electron chi connectivity index (χ0n) is 35.8. The Morgan fingerprint density at radius 3 is 2.14 bits per heavy atom. The van der Waals surface area contributed by atoms with Gasteiger partial charge in [-0.15, -0.1) is 24.9 Å². The van der Waals surface area contributed by atoms with E-state index in [4.69, 9.17) is 9.47 Å². The van der Waals surface area contributed by atoms with Crippen LogP contribution in [0.1, 0.15) is 80.2 Å². The van der Waals surface area contributed by atoms with Crippen LogP contribution in [-0.2, 0) is 44.7 Å². The van der Waals surface area contributed by atoms with E-state index < -0.39 is 94.5 Å². The minimum Gasteiger partial charge on any atom is -0.369 e. The summed E-state index contributed by atoms with van der Waals surface area (Å²) < 4.78 is 12.2. The Labute approximate surface area is 353 Å². The Morgan fingerprint density at radius 1 is 0.847 bits per heavy atom. The molecule has 59 heavy (non-hydrogen) atoms. The second-order valence-electron chi connectivity index (χ2n) is 16.9.